The summed E-state index contributed by atoms with van der Waals surface area (Å²) in [5.74, 6) is 0. The lowest BCUT2D eigenvalue weighted by molar-refractivity contribution is 0.249. The van der Waals surface area contributed by atoms with Crippen LogP contribution in [0.5, 0.6) is 0 Å². The van der Waals surface area contributed by atoms with E-state index in [-0.39, 0.29) is 0 Å². The maximum absolute atomic E-state index is 6.31. The number of aryl methyl sites for hydroxylation is 1. The van der Waals surface area contributed by atoms with Gasteiger partial charge in [-0.25, -0.2) is 0 Å². The highest BCUT2D eigenvalue weighted by Gasteiger charge is 2.21. The topological polar surface area (TPSA) is 50.3 Å². The standard InChI is InChI=1S/C16H22ClN5/c1-12-13(10-19-20(12)2)11-21-6-8-22(9-7-21)16-14(17)4-3-5-15(16)18/h3-5,10H,6-9,11,18H2,1-2H3. The predicted octanol–water partition coefficient (Wildman–Crippen LogP) is 2.29. The molecular weight excluding hydrogens is 298 g/mol. The summed E-state index contributed by atoms with van der Waals surface area (Å²) in [6.07, 6.45) is 1.97. The number of aromatic nitrogens is 2. The number of hydrogen-bond donors (Lipinski definition) is 1. The van der Waals surface area contributed by atoms with Crippen LogP contribution in [-0.4, -0.2) is 40.9 Å². The second kappa shape index (κ2) is 6.18. The summed E-state index contributed by atoms with van der Waals surface area (Å²) in [5, 5.41) is 5.05. The van der Waals surface area contributed by atoms with Gasteiger partial charge in [0, 0.05) is 51.0 Å². The summed E-state index contributed by atoms with van der Waals surface area (Å²) >= 11 is 6.31. The molecule has 1 aliphatic rings. The lowest BCUT2D eigenvalue weighted by Crippen LogP contribution is -2.46. The van der Waals surface area contributed by atoms with Gasteiger partial charge in [0.25, 0.3) is 0 Å². The zero-order valence-electron chi connectivity index (χ0n) is 13.1. The maximum atomic E-state index is 6.31. The van der Waals surface area contributed by atoms with E-state index < -0.39 is 0 Å². The number of piperazine rings is 1. The van der Waals surface area contributed by atoms with Crippen molar-refractivity contribution in [3.8, 4) is 0 Å². The van der Waals surface area contributed by atoms with Crippen LogP contribution in [-0.2, 0) is 13.6 Å². The molecule has 0 amide bonds. The first-order valence-corrected chi connectivity index (χ1v) is 7.93. The van der Waals surface area contributed by atoms with E-state index in [2.05, 4.69) is 21.8 Å². The van der Waals surface area contributed by atoms with Crippen molar-refractivity contribution in [1.29, 1.82) is 0 Å². The average Bonchev–Trinajstić information content (AvgIpc) is 2.81. The third-order valence-corrected chi connectivity index (χ3v) is 4.74. The molecule has 2 aromatic rings. The van der Waals surface area contributed by atoms with Crippen LogP contribution in [0.1, 0.15) is 11.3 Å². The molecule has 0 atom stereocenters. The minimum atomic E-state index is 0.733. The van der Waals surface area contributed by atoms with Gasteiger partial charge in [-0.2, -0.15) is 5.10 Å². The highest BCUT2D eigenvalue weighted by molar-refractivity contribution is 6.34. The maximum Gasteiger partial charge on any atom is 0.0790 e. The molecule has 2 N–H and O–H groups in total. The van der Waals surface area contributed by atoms with Crippen molar-refractivity contribution < 1.29 is 0 Å². The SMILES string of the molecule is Cc1c(CN2CCN(c3c(N)cccc3Cl)CC2)cnn1C. The molecule has 1 aromatic heterocycles. The van der Waals surface area contributed by atoms with Gasteiger partial charge >= 0.3 is 0 Å². The van der Waals surface area contributed by atoms with Gasteiger partial charge in [0.05, 0.1) is 22.6 Å². The Morgan fingerprint density at radius 1 is 1.23 bits per heavy atom. The second-order valence-electron chi connectivity index (χ2n) is 5.82. The van der Waals surface area contributed by atoms with Crippen LogP contribution in [0, 0.1) is 6.92 Å². The summed E-state index contributed by atoms with van der Waals surface area (Å²) < 4.78 is 1.93. The Kier molecular flexibility index (Phi) is 4.27. The Morgan fingerprint density at radius 2 is 1.95 bits per heavy atom. The van der Waals surface area contributed by atoms with Gasteiger partial charge in [-0.3, -0.25) is 9.58 Å². The highest BCUT2D eigenvalue weighted by atomic mass is 35.5. The number of nitrogens with zero attached hydrogens (tertiary/aromatic N) is 4. The van der Waals surface area contributed by atoms with E-state index in [4.69, 9.17) is 17.3 Å². The summed E-state index contributed by atoms with van der Waals surface area (Å²) in [7, 11) is 1.98. The van der Waals surface area contributed by atoms with Crippen LogP contribution in [0.2, 0.25) is 5.02 Å². The van der Waals surface area contributed by atoms with E-state index in [1.807, 2.05) is 36.1 Å². The van der Waals surface area contributed by atoms with Gasteiger partial charge in [0.2, 0.25) is 0 Å². The lowest BCUT2D eigenvalue weighted by Gasteiger charge is -2.37. The van der Waals surface area contributed by atoms with Crippen LogP contribution in [0.15, 0.2) is 24.4 Å². The van der Waals surface area contributed by atoms with Crippen molar-refractivity contribution >= 4 is 23.0 Å². The van der Waals surface area contributed by atoms with Crippen molar-refractivity contribution in [2.24, 2.45) is 7.05 Å². The van der Waals surface area contributed by atoms with Crippen molar-refractivity contribution in [2.75, 3.05) is 36.8 Å². The van der Waals surface area contributed by atoms with Gasteiger partial charge in [0.1, 0.15) is 0 Å². The molecule has 1 aliphatic heterocycles. The fourth-order valence-corrected chi connectivity index (χ4v) is 3.24. The first-order chi connectivity index (χ1) is 10.6. The summed E-state index contributed by atoms with van der Waals surface area (Å²) in [6.45, 7) is 6.94. The molecule has 1 fully saturated rings. The van der Waals surface area contributed by atoms with Crippen molar-refractivity contribution in [3.05, 3.63) is 40.7 Å². The Morgan fingerprint density at radius 3 is 2.55 bits per heavy atom. The van der Waals surface area contributed by atoms with Crippen molar-refractivity contribution in [3.63, 3.8) is 0 Å². The number of halogens is 1. The number of anilines is 2. The molecule has 0 aliphatic carbocycles. The first kappa shape index (κ1) is 15.2. The number of hydrogen-bond acceptors (Lipinski definition) is 4. The number of rotatable bonds is 3. The highest BCUT2D eigenvalue weighted by Crippen LogP contribution is 2.32. The normalized spacial score (nSPS) is 16.2. The monoisotopic (exact) mass is 319 g/mol. The molecule has 3 rings (SSSR count). The molecule has 118 valence electrons. The van der Waals surface area contributed by atoms with Crippen molar-refractivity contribution in [1.82, 2.24) is 14.7 Å². The third-order valence-electron chi connectivity index (χ3n) is 4.44. The van der Waals surface area contributed by atoms with Crippen LogP contribution in [0.4, 0.5) is 11.4 Å². The van der Waals surface area contributed by atoms with Gasteiger partial charge in [-0.15, -0.1) is 0 Å². The predicted molar refractivity (Wildman–Crippen MR) is 91.3 cm³/mol. The molecule has 0 saturated carbocycles. The molecule has 0 bridgehead atoms. The average molecular weight is 320 g/mol. The summed E-state index contributed by atoms with van der Waals surface area (Å²) in [4.78, 5) is 4.73. The van der Waals surface area contributed by atoms with Crippen LogP contribution < -0.4 is 10.6 Å². The Balaban J connectivity index is 1.64. The second-order valence-corrected chi connectivity index (χ2v) is 6.23. The molecule has 0 unspecified atom stereocenters. The first-order valence-electron chi connectivity index (χ1n) is 7.55. The quantitative estimate of drug-likeness (QED) is 0.882. The van der Waals surface area contributed by atoms with E-state index in [9.17, 15) is 0 Å². The number of benzene rings is 1. The van der Waals surface area contributed by atoms with E-state index in [0.717, 1.165) is 49.1 Å². The lowest BCUT2D eigenvalue weighted by atomic mass is 10.2. The van der Waals surface area contributed by atoms with E-state index in [1.54, 1.807) is 0 Å². The van der Waals surface area contributed by atoms with Gasteiger partial charge in [-0.05, 0) is 19.1 Å². The van der Waals surface area contributed by atoms with Gasteiger partial charge in [-0.1, -0.05) is 17.7 Å². The summed E-state index contributed by atoms with van der Waals surface area (Å²) in [5.41, 5.74) is 10.3. The van der Waals surface area contributed by atoms with E-state index >= 15 is 0 Å². The molecule has 5 nitrogen and oxygen atoms in total. The minimum Gasteiger partial charge on any atom is -0.397 e. The van der Waals surface area contributed by atoms with Crippen LogP contribution >= 0.6 is 11.6 Å². The number of para-hydroxylation sites is 1. The minimum absolute atomic E-state index is 0.733. The Bertz CT molecular complexity index is 638. The van der Waals surface area contributed by atoms with E-state index in [0.29, 0.717) is 0 Å². The molecule has 6 heteroatoms. The van der Waals surface area contributed by atoms with Crippen molar-refractivity contribution in [2.45, 2.75) is 13.5 Å². The van der Waals surface area contributed by atoms with Crippen LogP contribution in [0.25, 0.3) is 0 Å². The van der Waals surface area contributed by atoms with E-state index in [1.165, 1.54) is 11.3 Å². The molecule has 0 spiro atoms. The largest absolute Gasteiger partial charge is 0.397 e. The van der Waals surface area contributed by atoms with Gasteiger partial charge in [0.15, 0.2) is 0 Å². The van der Waals surface area contributed by atoms with Crippen LogP contribution in [0.3, 0.4) is 0 Å². The molecule has 0 radical (unpaired) electrons. The number of nitrogen functional groups attached to an aromatic ring is 1. The Labute approximate surface area is 136 Å². The molecule has 2 heterocycles. The third kappa shape index (κ3) is 2.91. The number of nitrogens with two attached hydrogens (primary N) is 1. The molecular formula is C16H22ClN5. The Hall–Kier alpha value is -1.72. The fraction of sp³-hybridized carbons (Fsp3) is 0.438. The zero-order chi connectivity index (χ0) is 15.7. The molecule has 1 aromatic carbocycles. The summed E-state index contributed by atoms with van der Waals surface area (Å²) in [6, 6.07) is 5.70. The molecule has 1 saturated heterocycles. The fourth-order valence-electron chi connectivity index (χ4n) is 2.94. The zero-order valence-corrected chi connectivity index (χ0v) is 13.8. The van der Waals surface area contributed by atoms with Gasteiger partial charge < -0.3 is 10.6 Å². The smallest absolute Gasteiger partial charge is 0.0790 e. The molecule has 22 heavy (non-hydrogen) atoms.